The van der Waals surface area contributed by atoms with Crippen LogP contribution < -0.4 is 17.0 Å². The van der Waals surface area contributed by atoms with Crippen molar-refractivity contribution in [2.75, 3.05) is 6.61 Å². The molecule has 0 radical (unpaired) electrons. The third-order valence-electron chi connectivity index (χ3n) is 3.70. The Kier molecular flexibility index (Phi) is 5.49. The monoisotopic (exact) mass is 344 g/mol. The lowest BCUT2D eigenvalue weighted by Gasteiger charge is -2.18. The van der Waals surface area contributed by atoms with Gasteiger partial charge in [0.15, 0.2) is 6.23 Å². The van der Waals surface area contributed by atoms with E-state index in [-0.39, 0.29) is 12.5 Å². The molecule has 0 aromatic carbocycles. The molecular weight excluding hydrogens is 324 g/mol. The number of nitrogens with zero attached hydrogens (tertiary/aromatic N) is 2. The maximum atomic E-state index is 11.7. The van der Waals surface area contributed by atoms with Crippen molar-refractivity contribution in [3.8, 4) is 0 Å². The zero-order valence-corrected chi connectivity index (χ0v) is 13.2. The lowest BCUT2D eigenvalue weighted by Crippen LogP contribution is -2.40. The van der Waals surface area contributed by atoms with E-state index in [4.69, 9.17) is 15.2 Å². The van der Waals surface area contributed by atoms with Crippen LogP contribution in [-0.2, 0) is 14.3 Å². The molecule has 1 aromatic rings. The fourth-order valence-corrected chi connectivity index (χ4v) is 2.14. The number of ether oxygens (including phenoxy) is 2. The van der Waals surface area contributed by atoms with Crippen LogP contribution in [0.15, 0.2) is 15.8 Å². The minimum atomic E-state index is -1.50. The number of hydrogen-bond acceptors (Lipinski definition) is 9. The van der Waals surface area contributed by atoms with Crippen molar-refractivity contribution in [1.82, 2.24) is 14.8 Å². The summed E-state index contributed by atoms with van der Waals surface area (Å²) in [6, 6.07) is -0.826. The van der Waals surface area contributed by atoms with Crippen LogP contribution in [-0.4, -0.2) is 61.9 Å². The van der Waals surface area contributed by atoms with Crippen LogP contribution in [0.1, 0.15) is 20.1 Å². The summed E-state index contributed by atoms with van der Waals surface area (Å²) in [4.78, 5) is 36.4. The standard InChI is InChI=1S/C13H20N4O7/c1-5(2)8(14)12(21)23-4-6-9(19)10(20)11(24-6)17-13(22)16-7(18)3-15-17/h3,5-6,8-11,19-20H,4,14H2,1-2H3,(H,16,18,22)/t6-,8-,9?,10+,11-/m1/s1. The molecule has 0 spiro atoms. The van der Waals surface area contributed by atoms with Crippen molar-refractivity contribution in [2.24, 2.45) is 11.7 Å². The van der Waals surface area contributed by atoms with E-state index in [2.05, 4.69) is 5.10 Å². The van der Waals surface area contributed by atoms with Gasteiger partial charge in [0.05, 0.1) is 0 Å². The fraction of sp³-hybridized carbons (Fsp3) is 0.692. The molecule has 5 N–H and O–H groups in total. The molecule has 11 heteroatoms. The summed E-state index contributed by atoms with van der Waals surface area (Å²) in [6.07, 6.45) is -4.48. The van der Waals surface area contributed by atoms with Crippen LogP contribution in [0.3, 0.4) is 0 Å². The first-order valence-electron chi connectivity index (χ1n) is 7.34. The second-order valence-corrected chi connectivity index (χ2v) is 5.83. The first-order valence-corrected chi connectivity index (χ1v) is 7.34. The number of aromatic nitrogens is 3. The van der Waals surface area contributed by atoms with Crippen LogP contribution in [0.5, 0.6) is 0 Å². The minimum absolute atomic E-state index is 0.130. The molecule has 0 saturated carbocycles. The molecular formula is C13H20N4O7. The van der Waals surface area contributed by atoms with E-state index in [0.717, 1.165) is 6.20 Å². The van der Waals surface area contributed by atoms with E-state index >= 15 is 0 Å². The average Bonchev–Trinajstić information content (AvgIpc) is 2.80. The van der Waals surface area contributed by atoms with Gasteiger partial charge in [0.25, 0.3) is 5.56 Å². The Morgan fingerprint density at radius 1 is 1.46 bits per heavy atom. The van der Waals surface area contributed by atoms with Crippen LogP contribution in [0.4, 0.5) is 0 Å². The zero-order chi connectivity index (χ0) is 18.0. The maximum absolute atomic E-state index is 11.7. The van der Waals surface area contributed by atoms with Crippen molar-refractivity contribution in [3.05, 3.63) is 27.0 Å². The third-order valence-corrected chi connectivity index (χ3v) is 3.70. The van der Waals surface area contributed by atoms with E-state index in [1.807, 2.05) is 4.98 Å². The number of nitrogens with two attached hydrogens (primary N) is 1. The molecule has 0 aliphatic carbocycles. The highest BCUT2D eigenvalue weighted by Crippen LogP contribution is 2.27. The summed E-state index contributed by atoms with van der Waals surface area (Å²) in [6.45, 7) is 3.15. The zero-order valence-electron chi connectivity index (χ0n) is 13.2. The molecule has 1 saturated heterocycles. The molecule has 1 aromatic heterocycles. The molecule has 1 aliphatic heterocycles. The number of esters is 1. The molecule has 1 aliphatic rings. The Balaban J connectivity index is 2.06. The van der Waals surface area contributed by atoms with Crippen molar-refractivity contribution in [3.63, 3.8) is 0 Å². The van der Waals surface area contributed by atoms with Gasteiger partial charge in [0.2, 0.25) is 0 Å². The van der Waals surface area contributed by atoms with Gasteiger partial charge in [-0.1, -0.05) is 13.8 Å². The molecule has 2 heterocycles. The molecule has 0 amide bonds. The number of aromatic amines is 1. The van der Waals surface area contributed by atoms with Gasteiger partial charge >= 0.3 is 11.7 Å². The van der Waals surface area contributed by atoms with Crippen LogP contribution in [0, 0.1) is 5.92 Å². The first-order chi connectivity index (χ1) is 11.2. The third kappa shape index (κ3) is 3.70. The number of hydrogen-bond donors (Lipinski definition) is 4. The second-order valence-electron chi connectivity index (χ2n) is 5.83. The van der Waals surface area contributed by atoms with E-state index in [1.165, 1.54) is 0 Å². The van der Waals surface area contributed by atoms with Crippen LogP contribution in [0.25, 0.3) is 0 Å². The Morgan fingerprint density at radius 3 is 2.71 bits per heavy atom. The first kappa shape index (κ1) is 18.3. The highest BCUT2D eigenvalue weighted by atomic mass is 16.6. The van der Waals surface area contributed by atoms with Crippen LogP contribution >= 0.6 is 0 Å². The summed E-state index contributed by atoms with van der Waals surface area (Å²) in [5.74, 6) is -0.799. The van der Waals surface area contributed by atoms with Gasteiger partial charge in [-0.15, -0.1) is 0 Å². The Hall–Kier alpha value is -2.08. The number of nitrogens with one attached hydrogen (secondary N) is 1. The normalized spacial score (nSPS) is 28.1. The quantitative estimate of drug-likeness (QED) is 0.408. The lowest BCUT2D eigenvalue weighted by atomic mass is 10.1. The highest BCUT2D eigenvalue weighted by Gasteiger charge is 2.45. The summed E-state index contributed by atoms with van der Waals surface area (Å²) >= 11 is 0. The number of aliphatic hydroxyl groups is 2. The molecule has 5 atom stereocenters. The van der Waals surface area contributed by atoms with Crippen LogP contribution in [0.2, 0.25) is 0 Å². The lowest BCUT2D eigenvalue weighted by molar-refractivity contribution is -0.153. The molecule has 11 nitrogen and oxygen atoms in total. The van der Waals surface area contributed by atoms with Crippen molar-refractivity contribution in [1.29, 1.82) is 0 Å². The molecule has 134 valence electrons. The summed E-state index contributed by atoms with van der Waals surface area (Å²) in [7, 11) is 0. The van der Waals surface area contributed by atoms with Gasteiger partial charge in [0, 0.05) is 0 Å². The van der Waals surface area contributed by atoms with E-state index in [0.29, 0.717) is 4.68 Å². The number of carbonyl (C=O) groups excluding carboxylic acids is 1. The van der Waals surface area contributed by atoms with Gasteiger partial charge in [0.1, 0.15) is 37.2 Å². The fourth-order valence-electron chi connectivity index (χ4n) is 2.14. The number of carbonyl (C=O) groups is 1. The summed E-state index contributed by atoms with van der Waals surface area (Å²) in [5.41, 5.74) is 4.03. The molecule has 1 fully saturated rings. The predicted octanol–water partition coefficient (Wildman–Crippen LogP) is -2.92. The van der Waals surface area contributed by atoms with Gasteiger partial charge in [-0.25, -0.2) is 4.79 Å². The molecule has 24 heavy (non-hydrogen) atoms. The van der Waals surface area contributed by atoms with Crippen molar-refractivity contribution >= 4 is 5.97 Å². The largest absolute Gasteiger partial charge is 0.462 e. The molecule has 0 bridgehead atoms. The van der Waals surface area contributed by atoms with Crippen molar-refractivity contribution in [2.45, 2.75) is 44.4 Å². The van der Waals surface area contributed by atoms with E-state index in [9.17, 15) is 24.6 Å². The minimum Gasteiger partial charge on any atom is -0.462 e. The average molecular weight is 344 g/mol. The van der Waals surface area contributed by atoms with Gasteiger partial charge < -0.3 is 25.4 Å². The summed E-state index contributed by atoms with van der Waals surface area (Å²) in [5, 5.41) is 23.6. The topological polar surface area (TPSA) is 170 Å². The smallest absolute Gasteiger partial charge is 0.347 e. The second kappa shape index (κ2) is 7.21. The van der Waals surface area contributed by atoms with Gasteiger partial charge in [-0.2, -0.15) is 9.78 Å². The van der Waals surface area contributed by atoms with Crippen molar-refractivity contribution < 1.29 is 24.5 Å². The van der Waals surface area contributed by atoms with Gasteiger partial charge in [-0.3, -0.25) is 14.6 Å². The number of aliphatic hydroxyl groups excluding tert-OH is 2. The Bertz CT molecular complexity index is 700. The molecule has 2 rings (SSSR count). The summed E-state index contributed by atoms with van der Waals surface area (Å²) < 4.78 is 11.0. The predicted molar refractivity (Wildman–Crippen MR) is 78.8 cm³/mol. The molecule has 1 unspecified atom stereocenters. The van der Waals surface area contributed by atoms with E-state index < -0.39 is 47.8 Å². The Labute approximate surface area is 136 Å². The Morgan fingerprint density at radius 2 is 2.12 bits per heavy atom. The maximum Gasteiger partial charge on any atom is 0.347 e. The SMILES string of the molecule is CC(C)[C@@H](N)C(=O)OC[C@H]1O[C@@H](n2ncc(=O)[nH]c2=O)[C@@H](O)C1O. The number of rotatable bonds is 5. The number of H-pyrrole nitrogens is 1. The van der Waals surface area contributed by atoms with Gasteiger partial charge in [-0.05, 0) is 5.92 Å². The van der Waals surface area contributed by atoms with E-state index in [1.54, 1.807) is 13.8 Å². The highest BCUT2D eigenvalue weighted by molar-refractivity contribution is 5.75.